The third-order valence-electron chi connectivity index (χ3n) is 12.6. The number of rotatable bonds is 26. The van der Waals surface area contributed by atoms with Crippen molar-refractivity contribution in [1.29, 1.82) is 0 Å². The van der Waals surface area contributed by atoms with E-state index in [1.54, 1.807) is 26.0 Å². The Hall–Kier alpha value is -4.59. The molecule has 364 valence electrons. The van der Waals surface area contributed by atoms with Crippen LogP contribution in [-0.4, -0.2) is 116 Å². The topological polar surface area (TPSA) is 229 Å². The van der Waals surface area contributed by atoms with E-state index in [9.17, 15) is 45.4 Å². The number of benzene rings is 2. The number of carbonyl (C=O) groups is 3. The van der Waals surface area contributed by atoms with Gasteiger partial charge in [-0.1, -0.05) is 52.0 Å². The van der Waals surface area contributed by atoms with Crippen molar-refractivity contribution in [1.82, 2.24) is 9.80 Å². The zero-order valence-corrected chi connectivity index (χ0v) is 40.8. The number of hydrogen-bond donors (Lipinski definition) is 5. The molecule has 0 radical (unpaired) electrons. The Morgan fingerprint density at radius 3 is 1.70 bits per heavy atom. The molecule has 0 spiro atoms. The van der Waals surface area contributed by atoms with Gasteiger partial charge in [-0.15, -0.1) is 0 Å². The summed E-state index contributed by atoms with van der Waals surface area (Å²) in [5, 5.41) is 18.4. The van der Waals surface area contributed by atoms with E-state index in [2.05, 4.69) is 60.3 Å². The number of ketones is 1. The molecule has 1 atom stereocenters. The van der Waals surface area contributed by atoms with Crippen molar-refractivity contribution < 1.29 is 54.9 Å². The van der Waals surface area contributed by atoms with Crippen molar-refractivity contribution in [3.8, 4) is 0 Å². The van der Waals surface area contributed by atoms with Gasteiger partial charge in [0.25, 0.3) is 20.2 Å². The van der Waals surface area contributed by atoms with Gasteiger partial charge in [-0.3, -0.25) is 33.3 Å². The van der Waals surface area contributed by atoms with E-state index >= 15 is 0 Å². The quantitative estimate of drug-likeness (QED) is 0.0277. The van der Waals surface area contributed by atoms with Gasteiger partial charge >= 0.3 is 11.9 Å². The number of unbranched alkanes of at least 4 members (excludes halogenated alkanes) is 2. The van der Waals surface area contributed by atoms with Gasteiger partial charge in [-0.25, -0.2) is 0 Å². The molecule has 0 saturated carbocycles. The van der Waals surface area contributed by atoms with Crippen molar-refractivity contribution >= 4 is 49.3 Å². The van der Waals surface area contributed by atoms with Crippen LogP contribution in [0.1, 0.15) is 115 Å². The summed E-state index contributed by atoms with van der Waals surface area (Å²) in [6.07, 6.45) is 6.91. The zero-order chi connectivity index (χ0) is 48.5. The maximum absolute atomic E-state index is 13.8. The van der Waals surface area contributed by atoms with Crippen LogP contribution in [0.15, 0.2) is 71.2 Å². The van der Waals surface area contributed by atoms with Gasteiger partial charge in [0.15, 0.2) is 5.78 Å². The number of nitrogens with zero attached hydrogens (tertiary/aromatic N) is 2. The van der Waals surface area contributed by atoms with Crippen LogP contribution in [0, 0.1) is 0 Å². The highest BCUT2D eigenvalue weighted by Crippen LogP contribution is 2.47. The molecule has 2 aliphatic heterocycles. The van der Waals surface area contributed by atoms with Crippen LogP contribution < -0.4 is 10.6 Å². The van der Waals surface area contributed by atoms with Gasteiger partial charge in [-0.2, -0.15) is 16.8 Å². The molecule has 5 rings (SSSR count). The fourth-order valence-corrected chi connectivity index (χ4v) is 9.93. The van der Waals surface area contributed by atoms with Crippen LogP contribution in [-0.2, 0) is 68.0 Å². The molecule has 2 aromatic carbocycles. The molecule has 0 amide bonds. The molecule has 1 aliphatic carbocycles. The standard InChI is InChI=1S/C48H68N4O12S2/c1-7-63-43(53)15-13-23-51(21-9-11-25-65(57,58)59)31-33-17-19-39-37(27-33)47(3,4)41(49-39)29-35-45(55)36(46(35)56)30-42-48(5,6)38-28-34(18-20-40(38)50-42)32-52(22-10-12-26-66(60,61)62)24-14-16-44(54)64-8-2/h17-20,27-30,41,49-50,55H,7-16,21-26,31-32H2,1-6H3,(H,57,58,59)(H,60,61,62). The Bertz CT molecular complexity index is 2430. The Labute approximate surface area is 390 Å². The summed E-state index contributed by atoms with van der Waals surface area (Å²) in [4.78, 5) is 42.1. The number of carbonyl (C=O) groups excluding carboxylic acids is 3. The molecular formula is C48H68N4O12S2. The summed E-state index contributed by atoms with van der Waals surface area (Å²) in [7, 11) is -8.11. The predicted octanol–water partition coefficient (Wildman–Crippen LogP) is 6.99. The lowest BCUT2D eigenvalue weighted by Crippen LogP contribution is -2.34. The largest absolute Gasteiger partial charge is 0.506 e. The number of allylic oxidation sites excluding steroid dienone is 4. The van der Waals surface area contributed by atoms with Crippen molar-refractivity contribution in [3.63, 3.8) is 0 Å². The lowest BCUT2D eigenvalue weighted by Gasteiger charge is -2.29. The normalized spacial score (nSPS) is 18.6. The van der Waals surface area contributed by atoms with E-state index in [4.69, 9.17) is 9.47 Å². The van der Waals surface area contributed by atoms with Crippen LogP contribution in [0.3, 0.4) is 0 Å². The lowest BCUT2D eigenvalue weighted by molar-refractivity contribution is -0.144. The van der Waals surface area contributed by atoms with Gasteiger partial charge in [0.05, 0.1) is 41.9 Å². The molecule has 2 heterocycles. The lowest BCUT2D eigenvalue weighted by atomic mass is 9.76. The minimum Gasteiger partial charge on any atom is -0.506 e. The molecule has 2 aromatic rings. The van der Waals surface area contributed by atoms with Gasteiger partial charge in [0.1, 0.15) is 5.76 Å². The molecule has 16 nitrogen and oxygen atoms in total. The Morgan fingerprint density at radius 1 is 0.727 bits per heavy atom. The Kier molecular flexibility index (Phi) is 17.8. The monoisotopic (exact) mass is 956 g/mol. The third kappa shape index (κ3) is 14.2. The van der Waals surface area contributed by atoms with Crippen molar-refractivity contribution in [2.24, 2.45) is 0 Å². The summed E-state index contributed by atoms with van der Waals surface area (Å²) >= 11 is 0. The second-order valence-corrected chi connectivity index (χ2v) is 21.6. The Morgan fingerprint density at radius 2 is 1.21 bits per heavy atom. The molecule has 0 fully saturated rings. The van der Waals surface area contributed by atoms with E-state index in [1.807, 2.05) is 24.3 Å². The summed E-state index contributed by atoms with van der Waals surface area (Å²) in [6, 6.07) is 11.9. The van der Waals surface area contributed by atoms with Crippen LogP contribution >= 0.6 is 0 Å². The van der Waals surface area contributed by atoms with Crippen LogP contribution in [0.4, 0.5) is 11.4 Å². The van der Waals surface area contributed by atoms with E-state index < -0.39 is 31.1 Å². The highest BCUT2D eigenvalue weighted by atomic mass is 32.2. The molecule has 0 aromatic heterocycles. The minimum atomic E-state index is -4.06. The van der Waals surface area contributed by atoms with E-state index in [0.29, 0.717) is 91.0 Å². The number of aliphatic hydroxyl groups is 1. The van der Waals surface area contributed by atoms with Crippen molar-refractivity contribution in [2.45, 2.75) is 123 Å². The smallest absolute Gasteiger partial charge is 0.305 e. The fraction of sp³-hybridized carbons (Fsp3) is 0.562. The van der Waals surface area contributed by atoms with Gasteiger partial charge < -0.3 is 25.2 Å². The van der Waals surface area contributed by atoms with E-state index in [0.717, 1.165) is 39.3 Å². The highest BCUT2D eigenvalue weighted by Gasteiger charge is 2.43. The average Bonchev–Trinajstić information content (AvgIpc) is 3.63. The van der Waals surface area contributed by atoms with E-state index in [-0.39, 0.29) is 65.0 Å². The first-order valence-corrected chi connectivity index (χ1v) is 26.1. The van der Waals surface area contributed by atoms with E-state index in [1.165, 1.54) is 0 Å². The molecular weight excluding hydrogens is 889 g/mol. The summed E-state index contributed by atoms with van der Waals surface area (Å²) in [5.74, 6) is -1.49. The predicted molar refractivity (Wildman–Crippen MR) is 254 cm³/mol. The number of Topliss-reactive ketones (excluding diaryl/α,β-unsaturated/α-hetero) is 1. The van der Waals surface area contributed by atoms with Gasteiger partial charge in [0, 0.05) is 53.8 Å². The van der Waals surface area contributed by atoms with Crippen molar-refractivity contribution in [3.05, 3.63) is 93.4 Å². The first-order valence-electron chi connectivity index (χ1n) is 22.9. The molecule has 0 saturated heterocycles. The second kappa shape index (κ2) is 22.5. The number of anilines is 2. The highest BCUT2D eigenvalue weighted by molar-refractivity contribution is 7.86. The number of nitrogens with one attached hydrogen (secondary N) is 2. The Balaban J connectivity index is 1.27. The SMILES string of the molecule is CCOC(=O)CCCN(CCCCS(=O)(=O)O)Cc1ccc2c(c1)C(C)(C)C(=CC1=C(O)C(=CC3Nc4ccc(CN(CCCCS(=O)(=O)O)CCCC(=O)OCC)cc4C3(C)C)C1=O)N2. The molecule has 66 heavy (non-hydrogen) atoms. The maximum Gasteiger partial charge on any atom is 0.305 e. The minimum absolute atomic E-state index is 0.0732. The number of aliphatic hydroxyl groups excluding tert-OH is 1. The third-order valence-corrected chi connectivity index (χ3v) is 14.2. The van der Waals surface area contributed by atoms with Gasteiger partial charge in [-0.05, 0) is 125 Å². The van der Waals surface area contributed by atoms with Crippen molar-refractivity contribution in [2.75, 3.05) is 61.5 Å². The second-order valence-electron chi connectivity index (χ2n) is 18.4. The molecule has 1 unspecified atom stereocenters. The number of fused-ring (bicyclic) bond motifs is 2. The summed E-state index contributed by atoms with van der Waals surface area (Å²) in [6.45, 7) is 15.8. The zero-order valence-electron chi connectivity index (χ0n) is 39.2. The first kappa shape index (κ1) is 52.4. The summed E-state index contributed by atoms with van der Waals surface area (Å²) in [5.41, 5.74) is 6.09. The maximum atomic E-state index is 13.8. The fourth-order valence-electron chi connectivity index (χ4n) is 8.79. The van der Waals surface area contributed by atoms with Gasteiger partial charge in [0.2, 0.25) is 0 Å². The molecule has 3 aliphatic rings. The number of esters is 2. The molecule has 5 N–H and O–H groups in total. The summed E-state index contributed by atoms with van der Waals surface area (Å²) < 4.78 is 73.7. The molecule has 0 bridgehead atoms. The average molecular weight is 957 g/mol. The number of hydrogen-bond acceptors (Lipinski definition) is 14. The van der Waals surface area contributed by atoms with Crippen LogP contribution in [0.5, 0.6) is 0 Å². The first-order chi connectivity index (χ1) is 31.0. The van der Waals surface area contributed by atoms with Crippen LogP contribution in [0.25, 0.3) is 0 Å². The molecule has 18 heteroatoms. The van der Waals surface area contributed by atoms with Crippen LogP contribution in [0.2, 0.25) is 0 Å². The number of ether oxygens (including phenoxy) is 2.